The summed E-state index contributed by atoms with van der Waals surface area (Å²) in [5.41, 5.74) is 3.79. The third-order valence-electron chi connectivity index (χ3n) is 5.41. The first-order valence-electron chi connectivity index (χ1n) is 9.68. The molecule has 0 atom stereocenters. The minimum Gasteiger partial charge on any atom is -0.311 e. The number of carbonyl (C=O) groups is 1. The van der Waals surface area contributed by atoms with Crippen LogP contribution < -0.4 is 4.90 Å². The average Bonchev–Trinajstić information content (AvgIpc) is 3.40. The Hall–Kier alpha value is -3.51. The Morgan fingerprint density at radius 1 is 1.07 bits per heavy atom. The van der Waals surface area contributed by atoms with Crippen LogP contribution in [0.1, 0.15) is 16.1 Å². The van der Waals surface area contributed by atoms with Gasteiger partial charge in [-0.25, -0.2) is 4.98 Å². The van der Waals surface area contributed by atoms with E-state index >= 15 is 0 Å². The second-order valence-electron chi connectivity index (χ2n) is 7.30. The van der Waals surface area contributed by atoms with Crippen LogP contribution >= 0.6 is 11.3 Å². The third-order valence-corrected chi connectivity index (χ3v) is 6.30. The van der Waals surface area contributed by atoms with Crippen molar-refractivity contribution in [3.05, 3.63) is 77.3 Å². The molecule has 5 rings (SSSR count). The van der Waals surface area contributed by atoms with Crippen LogP contribution in [0.25, 0.3) is 32.4 Å². The molecule has 0 saturated carbocycles. The van der Waals surface area contributed by atoms with Crippen molar-refractivity contribution >= 4 is 44.7 Å². The first-order valence-corrected chi connectivity index (χ1v) is 10.6. The molecule has 30 heavy (non-hydrogen) atoms. The van der Waals surface area contributed by atoms with E-state index in [9.17, 15) is 4.79 Å². The number of fused-ring (bicyclic) bond motifs is 2. The predicted molar refractivity (Wildman–Crippen MR) is 123 cm³/mol. The predicted octanol–water partition coefficient (Wildman–Crippen LogP) is 5.44. The van der Waals surface area contributed by atoms with Gasteiger partial charge >= 0.3 is 0 Å². The summed E-state index contributed by atoms with van der Waals surface area (Å²) >= 11 is 1.61. The fraction of sp³-hybridized carbons (Fsp3) is 0.125. The van der Waals surface area contributed by atoms with Crippen LogP contribution in [-0.4, -0.2) is 27.7 Å². The highest BCUT2D eigenvalue weighted by molar-refractivity contribution is 7.13. The van der Waals surface area contributed by atoms with E-state index in [0.717, 1.165) is 38.1 Å². The molecule has 0 radical (unpaired) electrons. The number of thiophene rings is 1. The van der Waals surface area contributed by atoms with Crippen LogP contribution in [0, 0.1) is 6.92 Å². The van der Waals surface area contributed by atoms with Crippen LogP contribution in [0.15, 0.2) is 66.0 Å². The van der Waals surface area contributed by atoms with Crippen molar-refractivity contribution in [1.82, 2.24) is 14.8 Å². The van der Waals surface area contributed by atoms with E-state index in [1.807, 2.05) is 74.9 Å². The number of aryl methyl sites for hydroxylation is 2. The molecule has 0 bridgehead atoms. The van der Waals surface area contributed by atoms with Gasteiger partial charge in [0.15, 0.2) is 5.65 Å². The van der Waals surface area contributed by atoms with E-state index in [4.69, 9.17) is 4.98 Å². The van der Waals surface area contributed by atoms with Crippen LogP contribution in [0.5, 0.6) is 0 Å². The first kappa shape index (κ1) is 18.5. The van der Waals surface area contributed by atoms with Crippen LogP contribution in [-0.2, 0) is 7.05 Å². The number of amides is 1. The van der Waals surface area contributed by atoms with E-state index in [1.54, 1.807) is 20.9 Å². The number of aromatic nitrogens is 3. The molecular formula is C24H20N4OS. The Kier molecular flexibility index (Phi) is 4.37. The molecule has 148 valence electrons. The van der Waals surface area contributed by atoms with E-state index in [-0.39, 0.29) is 5.91 Å². The molecule has 0 aliphatic rings. The van der Waals surface area contributed by atoms with Crippen molar-refractivity contribution in [1.29, 1.82) is 0 Å². The molecule has 0 aliphatic carbocycles. The number of rotatable bonds is 3. The molecule has 1 amide bonds. The summed E-state index contributed by atoms with van der Waals surface area (Å²) in [5.74, 6) is -0.0762. The molecule has 6 heteroatoms. The topological polar surface area (TPSA) is 51.0 Å². The van der Waals surface area contributed by atoms with Gasteiger partial charge in [0.25, 0.3) is 5.91 Å². The molecule has 0 aliphatic heterocycles. The summed E-state index contributed by atoms with van der Waals surface area (Å²) in [5, 5.41) is 9.49. The highest BCUT2D eigenvalue weighted by atomic mass is 32.1. The molecule has 5 aromatic rings. The van der Waals surface area contributed by atoms with Gasteiger partial charge in [-0.15, -0.1) is 11.3 Å². The molecule has 5 nitrogen and oxygen atoms in total. The van der Waals surface area contributed by atoms with Crippen molar-refractivity contribution in [2.24, 2.45) is 7.05 Å². The van der Waals surface area contributed by atoms with Crippen LogP contribution in [0.4, 0.5) is 5.69 Å². The Bertz CT molecular complexity index is 1400. The van der Waals surface area contributed by atoms with Gasteiger partial charge in [0, 0.05) is 19.5 Å². The highest BCUT2D eigenvalue weighted by Gasteiger charge is 2.23. The number of carbonyl (C=O) groups excluding carboxylic acids is 1. The minimum atomic E-state index is -0.0762. The SMILES string of the molecule is Cc1nn(C)c2nc(-c3cccs3)cc(C(=O)N(C)c3cccc4ccccc34)c12. The number of nitrogens with zero attached hydrogens (tertiary/aromatic N) is 4. The second kappa shape index (κ2) is 7.07. The zero-order chi connectivity index (χ0) is 20.8. The Morgan fingerprint density at radius 3 is 2.67 bits per heavy atom. The van der Waals surface area contributed by atoms with E-state index < -0.39 is 0 Å². The summed E-state index contributed by atoms with van der Waals surface area (Å²) < 4.78 is 1.75. The monoisotopic (exact) mass is 412 g/mol. The zero-order valence-corrected chi connectivity index (χ0v) is 17.8. The quantitative estimate of drug-likeness (QED) is 0.397. The lowest BCUT2D eigenvalue weighted by atomic mass is 10.1. The van der Waals surface area contributed by atoms with E-state index in [1.165, 1.54) is 0 Å². The average molecular weight is 413 g/mol. The number of benzene rings is 2. The summed E-state index contributed by atoms with van der Waals surface area (Å²) in [7, 11) is 3.69. The maximum absolute atomic E-state index is 13.8. The van der Waals surface area contributed by atoms with Gasteiger partial charge in [-0.3, -0.25) is 9.48 Å². The molecule has 2 aromatic carbocycles. The van der Waals surface area contributed by atoms with Crippen LogP contribution in [0.2, 0.25) is 0 Å². The van der Waals surface area contributed by atoms with Gasteiger partial charge in [0.1, 0.15) is 0 Å². The number of anilines is 1. The Morgan fingerprint density at radius 2 is 1.87 bits per heavy atom. The normalized spacial score (nSPS) is 11.3. The van der Waals surface area contributed by atoms with Crippen LogP contribution in [0.3, 0.4) is 0 Å². The van der Waals surface area contributed by atoms with Crippen molar-refractivity contribution in [3.63, 3.8) is 0 Å². The maximum atomic E-state index is 13.8. The molecule has 0 unspecified atom stereocenters. The fourth-order valence-electron chi connectivity index (χ4n) is 3.95. The molecule has 3 aromatic heterocycles. The summed E-state index contributed by atoms with van der Waals surface area (Å²) in [6, 6.07) is 20.0. The number of hydrogen-bond donors (Lipinski definition) is 0. The molecule has 0 fully saturated rings. The van der Waals surface area contributed by atoms with E-state index in [0.29, 0.717) is 11.2 Å². The molecule has 0 saturated heterocycles. The third kappa shape index (κ3) is 2.88. The van der Waals surface area contributed by atoms with Crippen molar-refractivity contribution < 1.29 is 4.79 Å². The lowest BCUT2D eigenvalue weighted by molar-refractivity contribution is 0.0994. The number of hydrogen-bond acceptors (Lipinski definition) is 4. The van der Waals surface area contributed by atoms with Gasteiger partial charge in [0.2, 0.25) is 0 Å². The molecule has 3 heterocycles. The maximum Gasteiger partial charge on any atom is 0.258 e. The van der Waals surface area contributed by atoms with Crippen molar-refractivity contribution in [2.75, 3.05) is 11.9 Å². The highest BCUT2D eigenvalue weighted by Crippen LogP contribution is 2.32. The first-order chi connectivity index (χ1) is 14.5. The largest absolute Gasteiger partial charge is 0.311 e. The number of pyridine rings is 1. The Balaban J connectivity index is 1.71. The molecular weight excluding hydrogens is 392 g/mol. The minimum absolute atomic E-state index is 0.0762. The van der Waals surface area contributed by atoms with E-state index in [2.05, 4.69) is 17.2 Å². The van der Waals surface area contributed by atoms with Gasteiger partial charge < -0.3 is 4.90 Å². The van der Waals surface area contributed by atoms with Crippen molar-refractivity contribution in [2.45, 2.75) is 6.92 Å². The van der Waals surface area contributed by atoms with Gasteiger partial charge in [0.05, 0.1) is 32.9 Å². The van der Waals surface area contributed by atoms with Gasteiger partial charge in [-0.05, 0) is 35.9 Å². The fourth-order valence-corrected chi connectivity index (χ4v) is 4.64. The Labute approximate surface area is 178 Å². The lowest BCUT2D eigenvalue weighted by Crippen LogP contribution is -2.27. The molecule has 0 spiro atoms. The lowest BCUT2D eigenvalue weighted by Gasteiger charge is -2.20. The zero-order valence-electron chi connectivity index (χ0n) is 17.0. The van der Waals surface area contributed by atoms with Gasteiger partial charge in [-0.1, -0.05) is 42.5 Å². The summed E-state index contributed by atoms with van der Waals surface area (Å²) in [6.07, 6.45) is 0. The van der Waals surface area contributed by atoms with Gasteiger partial charge in [-0.2, -0.15) is 5.10 Å². The molecule has 0 N–H and O–H groups in total. The summed E-state index contributed by atoms with van der Waals surface area (Å²) in [6.45, 7) is 1.92. The standard InChI is InChI=1S/C24H20N4OS/c1-15-22-18(14-19(21-12-7-13-30-21)25-23(22)28(3)26-15)24(29)27(2)20-11-6-9-16-8-4-5-10-17(16)20/h4-14H,1-3H3. The summed E-state index contributed by atoms with van der Waals surface area (Å²) in [4.78, 5) is 21.3. The smallest absolute Gasteiger partial charge is 0.258 e. The van der Waals surface area contributed by atoms with Crippen molar-refractivity contribution in [3.8, 4) is 10.6 Å². The second-order valence-corrected chi connectivity index (χ2v) is 8.25.